The van der Waals surface area contributed by atoms with Crippen molar-refractivity contribution in [2.24, 2.45) is 0 Å². The molecular formula is CrMnNiTiZr. The van der Waals surface area contributed by atoms with Crippen molar-refractivity contribution >= 4 is 0 Å². The Kier molecular flexibility index (Phi) is 230. The summed E-state index contributed by atoms with van der Waals surface area (Å²) in [6, 6.07) is 0. The third-order valence-electron chi connectivity index (χ3n) is 0. The standard InChI is InChI=1S/Cr.Mn.Ni.Ti.Zr. The van der Waals surface area contributed by atoms with Gasteiger partial charge in [0.2, 0.25) is 0 Å². The van der Waals surface area contributed by atoms with Gasteiger partial charge < -0.3 is 0 Å². The average molecular weight is 305 g/mol. The minimum absolute atomic E-state index is 0. The number of hydrogen-bond donors (Lipinski definition) is 0. The van der Waals surface area contributed by atoms with Gasteiger partial charge in [0, 0.05) is 98.8 Å². The predicted octanol–water partition coefficient (Wildman–Crippen LogP) is -0.0125. The van der Waals surface area contributed by atoms with Gasteiger partial charge in [-0.25, -0.2) is 0 Å². The Hall–Kier alpha value is 3.14. The number of rotatable bonds is 0. The Balaban J connectivity index is 0. The van der Waals surface area contributed by atoms with E-state index in [9.17, 15) is 0 Å². The normalized spacial score (nSPS) is 0. The Bertz CT molecular complexity index is 11.6. The van der Waals surface area contributed by atoms with E-state index in [0.717, 1.165) is 0 Å². The van der Waals surface area contributed by atoms with Crippen LogP contribution in [0.4, 0.5) is 0 Å². The fourth-order valence-corrected chi connectivity index (χ4v) is 0. The summed E-state index contributed by atoms with van der Waals surface area (Å²) in [7, 11) is 0. The molecule has 0 rings (SSSR count). The maximum Gasteiger partial charge on any atom is 0 e. The SMILES string of the molecule is [Cr].[Mn].[Ni].[Ti].[Zr]. The predicted molar refractivity (Wildman–Crippen MR) is 0 cm³/mol. The molecule has 0 aliphatic rings. The van der Waals surface area contributed by atoms with Gasteiger partial charge in [0.1, 0.15) is 0 Å². The van der Waals surface area contributed by atoms with Gasteiger partial charge >= 0.3 is 0 Å². The van der Waals surface area contributed by atoms with Crippen molar-refractivity contribution in [1.82, 2.24) is 0 Å². The molecule has 0 amide bonds. The summed E-state index contributed by atoms with van der Waals surface area (Å²) in [6.45, 7) is 0. The van der Waals surface area contributed by atoms with Crippen LogP contribution >= 0.6 is 0 Å². The maximum absolute atomic E-state index is 0. The first-order valence-electron chi connectivity index (χ1n) is 0. The van der Waals surface area contributed by atoms with E-state index in [4.69, 9.17) is 0 Å². The monoisotopic (exact) mass is 303 g/mol. The molecule has 0 unspecified atom stereocenters. The summed E-state index contributed by atoms with van der Waals surface area (Å²) in [6.07, 6.45) is 0. The molecular weight excluding hydrogens is 305 g/mol. The first-order chi connectivity index (χ1) is 0. The first-order valence-corrected chi connectivity index (χ1v) is 0. The van der Waals surface area contributed by atoms with E-state index in [1.54, 1.807) is 0 Å². The molecule has 0 fully saturated rings. The summed E-state index contributed by atoms with van der Waals surface area (Å²) in [4.78, 5) is 0. The van der Waals surface area contributed by atoms with Crippen LogP contribution in [0, 0.1) is 0 Å². The Morgan fingerprint density at radius 2 is 1.00 bits per heavy atom. The Morgan fingerprint density at radius 1 is 1.00 bits per heavy atom. The molecule has 1 radical (unpaired) electrons. The van der Waals surface area contributed by atoms with Crippen LogP contribution in [0.3, 0.4) is 0 Å². The van der Waals surface area contributed by atoms with Gasteiger partial charge in [-0.05, 0) is 0 Å². The van der Waals surface area contributed by atoms with Crippen LogP contribution in [0.1, 0.15) is 0 Å². The summed E-state index contributed by atoms with van der Waals surface area (Å²) >= 11 is 0. The zero-order valence-electron chi connectivity index (χ0n) is 2.10. The van der Waals surface area contributed by atoms with Gasteiger partial charge in [0.05, 0.1) is 0 Å². The second-order valence-corrected chi connectivity index (χ2v) is 0. The molecule has 0 aromatic heterocycles. The molecule has 0 heterocycles. The molecule has 0 N–H and O–H groups in total. The molecule has 0 spiro atoms. The van der Waals surface area contributed by atoms with E-state index in [1.165, 1.54) is 0 Å². The number of hydrogen-bond acceptors (Lipinski definition) is 0. The van der Waals surface area contributed by atoms with Crippen LogP contribution in [-0.2, 0) is 98.8 Å². The third kappa shape index (κ3) is 19.1. The van der Waals surface area contributed by atoms with Crippen LogP contribution in [0.5, 0.6) is 0 Å². The summed E-state index contributed by atoms with van der Waals surface area (Å²) in [5.74, 6) is 0. The fourth-order valence-electron chi connectivity index (χ4n) is 0. The quantitative estimate of drug-likeness (QED) is 0.552. The van der Waals surface area contributed by atoms with Crippen molar-refractivity contribution in [3.63, 3.8) is 0 Å². The average Bonchev–Trinajstić information content (AvgIpc) is 0. The van der Waals surface area contributed by atoms with E-state index in [1.807, 2.05) is 0 Å². The van der Waals surface area contributed by atoms with Crippen molar-refractivity contribution in [1.29, 1.82) is 0 Å². The molecule has 0 saturated carbocycles. The summed E-state index contributed by atoms with van der Waals surface area (Å²) in [5, 5.41) is 0. The van der Waals surface area contributed by atoms with Gasteiger partial charge in [0.25, 0.3) is 0 Å². The van der Waals surface area contributed by atoms with Crippen molar-refractivity contribution in [2.45, 2.75) is 0 Å². The molecule has 31 valence electrons. The molecule has 0 nitrogen and oxygen atoms in total. The molecule has 0 aliphatic carbocycles. The molecule has 0 aromatic rings. The minimum atomic E-state index is 0. The van der Waals surface area contributed by atoms with Crippen molar-refractivity contribution < 1.29 is 98.8 Å². The van der Waals surface area contributed by atoms with Crippen molar-refractivity contribution in [3.05, 3.63) is 0 Å². The zero-order chi connectivity index (χ0) is 0. The van der Waals surface area contributed by atoms with Crippen molar-refractivity contribution in [2.75, 3.05) is 0 Å². The van der Waals surface area contributed by atoms with Crippen LogP contribution in [0.25, 0.3) is 0 Å². The Morgan fingerprint density at radius 3 is 1.00 bits per heavy atom. The van der Waals surface area contributed by atoms with E-state index in [0.29, 0.717) is 0 Å². The van der Waals surface area contributed by atoms with Crippen LogP contribution in [0.2, 0.25) is 0 Å². The van der Waals surface area contributed by atoms with Crippen LogP contribution in [-0.4, -0.2) is 0 Å². The van der Waals surface area contributed by atoms with Gasteiger partial charge in [-0.3, -0.25) is 0 Å². The fraction of sp³-hybridized carbons (Fsp3) is 0. The third-order valence-corrected chi connectivity index (χ3v) is 0. The molecule has 5 heteroatoms. The molecule has 5 heavy (non-hydrogen) atoms. The molecule has 0 aromatic carbocycles. The minimum Gasteiger partial charge on any atom is 0 e. The van der Waals surface area contributed by atoms with E-state index >= 15 is 0 Å². The van der Waals surface area contributed by atoms with Crippen LogP contribution < -0.4 is 0 Å². The van der Waals surface area contributed by atoms with Gasteiger partial charge in [0.15, 0.2) is 0 Å². The zero-order valence-corrected chi connectivity index (χ0v) is 9.57. The largest absolute Gasteiger partial charge is 0 e. The summed E-state index contributed by atoms with van der Waals surface area (Å²) in [5.41, 5.74) is 0. The van der Waals surface area contributed by atoms with Gasteiger partial charge in [-0.2, -0.15) is 0 Å². The molecule has 0 saturated heterocycles. The second-order valence-electron chi connectivity index (χ2n) is 0. The topological polar surface area (TPSA) is 0 Å². The molecule has 0 aliphatic heterocycles. The van der Waals surface area contributed by atoms with Crippen molar-refractivity contribution in [3.8, 4) is 0 Å². The van der Waals surface area contributed by atoms with E-state index in [-0.39, 0.29) is 98.8 Å². The maximum atomic E-state index is 0. The summed E-state index contributed by atoms with van der Waals surface area (Å²) < 4.78 is 0. The van der Waals surface area contributed by atoms with Gasteiger partial charge in [-0.1, -0.05) is 0 Å². The van der Waals surface area contributed by atoms with E-state index in [2.05, 4.69) is 0 Å². The van der Waals surface area contributed by atoms with Crippen LogP contribution in [0.15, 0.2) is 0 Å². The van der Waals surface area contributed by atoms with Gasteiger partial charge in [-0.15, -0.1) is 0 Å². The first kappa shape index (κ1) is 42.1. The molecule has 0 atom stereocenters. The molecule has 0 bridgehead atoms. The Labute approximate surface area is 97.1 Å². The van der Waals surface area contributed by atoms with E-state index < -0.39 is 0 Å². The second kappa shape index (κ2) is 27.3. The smallest absolute Gasteiger partial charge is 0 e.